The molecule has 0 atom stereocenters. The molecule has 1 saturated heterocycles. The summed E-state index contributed by atoms with van der Waals surface area (Å²) in [5.74, 6) is 3.69. The molecule has 30 heavy (non-hydrogen) atoms. The number of fused-ring (bicyclic) bond motifs is 1. The fourth-order valence-electron chi connectivity index (χ4n) is 4.40. The van der Waals surface area contributed by atoms with E-state index < -0.39 is 0 Å². The van der Waals surface area contributed by atoms with E-state index in [0.717, 1.165) is 32.8 Å². The van der Waals surface area contributed by atoms with Crippen LogP contribution in [0.25, 0.3) is 6.08 Å². The number of nitrogens with zero attached hydrogens (tertiary/aromatic N) is 2. The molecule has 1 aromatic rings. The highest BCUT2D eigenvalue weighted by Crippen LogP contribution is 2.35. The maximum atomic E-state index is 5.48. The molecule has 2 aliphatic carbocycles. The van der Waals surface area contributed by atoms with Gasteiger partial charge >= 0.3 is 0 Å². The second kappa shape index (κ2) is 11.6. The van der Waals surface area contributed by atoms with E-state index in [4.69, 9.17) is 6.42 Å². The molecule has 0 spiro atoms. The number of piperidine rings is 1. The van der Waals surface area contributed by atoms with Gasteiger partial charge in [0.2, 0.25) is 0 Å². The van der Waals surface area contributed by atoms with E-state index in [-0.39, 0.29) is 0 Å². The number of anilines is 1. The summed E-state index contributed by atoms with van der Waals surface area (Å²) in [4.78, 5) is 6.98. The molecule has 1 N–H and O–H groups in total. The lowest BCUT2D eigenvalue weighted by Gasteiger charge is -2.29. The van der Waals surface area contributed by atoms with Gasteiger partial charge < -0.3 is 10.2 Å². The van der Waals surface area contributed by atoms with E-state index in [0.29, 0.717) is 6.04 Å². The van der Waals surface area contributed by atoms with Crippen LogP contribution in [0.5, 0.6) is 0 Å². The fourth-order valence-corrected chi connectivity index (χ4v) is 6.24. The zero-order valence-electron chi connectivity index (χ0n) is 18.7. The highest BCUT2D eigenvalue weighted by atomic mass is 79.9. The lowest BCUT2D eigenvalue weighted by Crippen LogP contribution is -2.31. The maximum Gasteiger partial charge on any atom is 0.141 e. The Morgan fingerprint density at radius 2 is 1.90 bits per heavy atom. The number of halogens is 1. The van der Waals surface area contributed by atoms with Crippen LogP contribution in [0.4, 0.5) is 5.82 Å². The zero-order valence-corrected chi connectivity index (χ0v) is 21.1. The Hall–Kier alpha value is -0.960. The van der Waals surface area contributed by atoms with Crippen molar-refractivity contribution >= 4 is 39.6 Å². The van der Waals surface area contributed by atoms with Crippen LogP contribution in [0.1, 0.15) is 69.9 Å². The van der Waals surface area contributed by atoms with Gasteiger partial charge in [-0.2, -0.15) is 11.8 Å². The van der Waals surface area contributed by atoms with E-state index >= 15 is 0 Å². The van der Waals surface area contributed by atoms with Crippen molar-refractivity contribution in [1.29, 1.82) is 0 Å². The van der Waals surface area contributed by atoms with Gasteiger partial charge in [-0.25, -0.2) is 4.98 Å². The summed E-state index contributed by atoms with van der Waals surface area (Å²) in [7, 11) is 2.22. The lowest BCUT2D eigenvalue weighted by molar-refractivity contribution is 0.282. The largest absolute Gasteiger partial charge is 0.366 e. The first-order valence-corrected chi connectivity index (χ1v) is 13.1. The summed E-state index contributed by atoms with van der Waals surface area (Å²) < 4.78 is 1.06. The van der Waals surface area contributed by atoms with Crippen molar-refractivity contribution in [3.63, 3.8) is 0 Å². The lowest BCUT2D eigenvalue weighted by atomic mass is 9.95. The van der Waals surface area contributed by atoms with Crippen LogP contribution in [-0.4, -0.2) is 46.6 Å². The molecule has 2 heterocycles. The van der Waals surface area contributed by atoms with Crippen LogP contribution in [0.2, 0.25) is 0 Å². The number of aromatic nitrogens is 1. The van der Waals surface area contributed by atoms with E-state index in [1.165, 1.54) is 69.2 Å². The Bertz CT molecular complexity index is 769. The summed E-state index contributed by atoms with van der Waals surface area (Å²) in [5.41, 5.74) is 3.45. The van der Waals surface area contributed by atoms with Crippen molar-refractivity contribution in [1.82, 2.24) is 9.88 Å². The molecule has 164 valence electrons. The normalized spacial score (nSPS) is 20.2. The van der Waals surface area contributed by atoms with Crippen molar-refractivity contribution in [3.05, 3.63) is 27.4 Å². The molecule has 1 aliphatic heterocycles. The molecular formula is C25H36BrN3S. The predicted octanol–water partition coefficient (Wildman–Crippen LogP) is 6.38. The molecule has 0 amide bonds. The third-order valence-corrected chi connectivity index (χ3v) is 8.30. The molecule has 4 rings (SSSR count). The van der Waals surface area contributed by atoms with Crippen molar-refractivity contribution in [2.45, 2.75) is 81.8 Å². The topological polar surface area (TPSA) is 28.2 Å². The fraction of sp³-hybridized carbons (Fsp3) is 0.640. The van der Waals surface area contributed by atoms with E-state index in [2.05, 4.69) is 75.8 Å². The molecule has 1 aromatic heterocycles. The number of pyridine rings is 1. The molecular weight excluding hydrogens is 454 g/mol. The number of terminal acetylenes is 1. The Morgan fingerprint density at radius 1 is 1.20 bits per heavy atom. The second-order valence-electron chi connectivity index (χ2n) is 9.02. The Kier molecular flexibility index (Phi) is 9.16. The number of nitrogens with one attached hydrogen (secondary N) is 1. The summed E-state index contributed by atoms with van der Waals surface area (Å²) in [6.07, 6.45) is 19.6. The van der Waals surface area contributed by atoms with Gasteiger partial charge in [-0.1, -0.05) is 39.0 Å². The first-order valence-electron chi connectivity index (χ1n) is 11.4. The van der Waals surface area contributed by atoms with Gasteiger partial charge in [-0.15, -0.1) is 6.42 Å². The van der Waals surface area contributed by atoms with Crippen LogP contribution < -0.4 is 5.32 Å². The van der Waals surface area contributed by atoms with Crippen LogP contribution in [0.15, 0.2) is 16.2 Å². The maximum absolute atomic E-state index is 5.48. The SMILES string of the molecule is C#CC1=Cc2c(cnc(NC3CCCCC3)c2Br)C1.CC(C)SC1CCN(C)CC1. The third kappa shape index (κ3) is 6.77. The molecule has 2 fully saturated rings. The van der Waals surface area contributed by atoms with Gasteiger partial charge in [-0.3, -0.25) is 0 Å². The highest BCUT2D eigenvalue weighted by molar-refractivity contribution is 9.10. The van der Waals surface area contributed by atoms with Crippen molar-refractivity contribution in [2.24, 2.45) is 0 Å². The minimum absolute atomic E-state index is 0.563. The Balaban J connectivity index is 0.000000199. The molecule has 3 nitrogen and oxygen atoms in total. The highest BCUT2D eigenvalue weighted by Gasteiger charge is 2.20. The molecule has 0 radical (unpaired) electrons. The number of rotatable bonds is 4. The van der Waals surface area contributed by atoms with Crippen LogP contribution in [0, 0.1) is 12.3 Å². The van der Waals surface area contributed by atoms with E-state index in [9.17, 15) is 0 Å². The minimum Gasteiger partial charge on any atom is -0.366 e. The third-order valence-electron chi connectivity index (χ3n) is 6.10. The van der Waals surface area contributed by atoms with Gasteiger partial charge in [0.15, 0.2) is 0 Å². The average molecular weight is 491 g/mol. The Labute approximate surface area is 196 Å². The van der Waals surface area contributed by atoms with Gasteiger partial charge in [0, 0.05) is 29.5 Å². The van der Waals surface area contributed by atoms with Crippen molar-refractivity contribution in [2.75, 3.05) is 25.5 Å². The summed E-state index contributed by atoms with van der Waals surface area (Å²) in [6.45, 7) is 7.18. The van der Waals surface area contributed by atoms with E-state index in [1.807, 2.05) is 6.20 Å². The minimum atomic E-state index is 0.563. The number of hydrogen-bond donors (Lipinski definition) is 1. The molecule has 0 unspecified atom stereocenters. The van der Waals surface area contributed by atoms with Crippen molar-refractivity contribution in [3.8, 4) is 12.3 Å². The average Bonchev–Trinajstić information content (AvgIpc) is 3.17. The van der Waals surface area contributed by atoms with Gasteiger partial charge in [0.25, 0.3) is 0 Å². The van der Waals surface area contributed by atoms with Gasteiger partial charge in [0.05, 0.1) is 4.47 Å². The monoisotopic (exact) mass is 489 g/mol. The zero-order chi connectivity index (χ0) is 21.5. The second-order valence-corrected chi connectivity index (χ2v) is 11.7. The van der Waals surface area contributed by atoms with Crippen LogP contribution >= 0.6 is 27.7 Å². The molecule has 1 saturated carbocycles. The summed E-state index contributed by atoms with van der Waals surface area (Å²) in [6, 6.07) is 0.563. The smallest absolute Gasteiger partial charge is 0.141 e. The Morgan fingerprint density at radius 3 is 2.53 bits per heavy atom. The molecule has 3 aliphatic rings. The van der Waals surface area contributed by atoms with E-state index in [1.54, 1.807) is 0 Å². The number of thioether (sulfide) groups is 1. The molecule has 5 heteroatoms. The van der Waals surface area contributed by atoms with Crippen molar-refractivity contribution < 1.29 is 0 Å². The first kappa shape index (κ1) is 23.7. The van der Waals surface area contributed by atoms with Crippen LogP contribution in [0.3, 0.4) is 0 Å². The van der Waals surface area contributed by atoms with Crippen LogP contribution in [-0.2, 0) is 6.42 Å². The predicted molar refractivity (Wildman–Crippen MR) is 136 cm³/mol. The number of hydrogen-bond acceptors (Lipinski definition) is 4. The first-order chi connectivity index (χ1) is 14.5. The quantitative estimate of drug-likeness (QED) is 0.496. The molecule has 0 aromatic carbocycles. The molecule has 0 bridgehead atoms. The number of likely N-dealkylation sites (tertiary alicyclic amines) is 1. The van der Waals surface area contributed by atoms with Gasteiger partial charge in [0.1, 0.15) is 5.82 Å². The standard InChI is InChI=1S/C16H17BrN2.C9H19NS/c1-2-11-8-12-10-18-16(15(17)14(12)9-11)19-13-6-4-3-5-7-13;1-8(2)11-9-4-6-10(3)7-5-9/h1,9-10,13H,3-8H2,(H,18,19);8-9H,4-7H2,1-3H3. The summed E-state index contributed by atoms with van der Waals surface area (Å²) >= 11 is 5.83. The van der Waals surface area contributed by atoms with Gasteiger partial charge in [-0.05, 0) is 84.2 Å². The summed E-state index contributed by atoms with van der Waals surface area (Å²) in [5, 5.41) is 5.32. The number of allylic oxidation sites excluding steroid dienone is 1.